The Labute approximate surface area is 136 Å². The second kappa shape index (κ2) is 6.87. The van der Waals surface area contributed by atoms with Crippen molar-refractivity contribution in [2.45, 2.75) is 32.2 Å². The maximum Gasteiger partial charge on any atom is 0.356 e. The van der Waals surface area contributed by atoms with Gasteiger partial charge in [0.1, 0.15) is 0 Å². The molecule has 2 aromatic rings. The molecule has 120 valence electrons. The predicted molar refractivity (Wildman–Crippen MR) is 88.3 cm³/mol. The van der Waals surface area contributed by atoms with E-state index in [1.165, 1.54) is 50.3 Å². The van der Waals surface area contributed by atoms with Crippen molar-refractivity contribution >= 4 is 5.97 Å². The monoisotopic (exact) mass is 311 g/mol. The van der Waals surface area contributed by atoms with Crippen LogP contribution in [0.2, 0.25) is 0 Å². The average Bonchev–Trinajstić information content (AvgIpc) is 2.62. The minimum absolute atomic E-state index is 0.0379. The lowest BCUT2D eigenvalue weighted by atomic mass is 10.0. The lowest BCUT2D eigenvalue weighted by Crippen LogP contribution is -2.32. The van der Waals surface area contributed by atoms with E-state index >= 15 is 0 Å². The molecule has 1 N–H and O–H groups in total. The van der Waals surface area contributed by atoms with Crippen molar-refractivity contribution < 1.29 is 9.90 Å². The van der Waals surface area contributed by atoms with Crippen LogP contribution in [0.1, 0.15) is 48.3 Å². The molecular formula is C18H21N3O2. The number of nitrogens with zero attached hydrogens (tertiary/aromatic N) is 3. The standard InChI is InChI=1S/C18H21N3O2/c1-13(21-9-3-2-4-10-21)14-5-7-15(8-6-14)16-11-20-17(12-19-16)18(22)23/h5-8,11-13H,2-4,9-10H2,1H3,(H,22,23). The van der Waals surface area contributed by atoms with Crippen molar-refractivity contribution in [1.82, 2.24) is 14.9 Å². The molecule has 1 aliphatic heterocycles. The number of carbonyl (C=O) groups is 1. The maximum atomic E-state index is 10.8. The summed E-state index contributed by atoms with van der Waals surface area (Å²) in [6, 6.07) is 8.73. The van der Waals surface area contributed by atoms with Gasteiger partial charge in [-0.25, -0.2) is 9.78 Å². The number of rotatable bonds is 4. The van der Waals surface area contributed by atoms with Crippen LogP contribution in [-0.2, 0) is 0 Å². The zero-order chi connectivity index (χ0) is 16.2. The Kier molecular flexibility index (Phi) is 4.67. The molecule has 1 aromatic carbocycles. The number of carboxylic acid groups (broad SMARTS) is 1. The number of aromatic carboxylic acids is 1. The van der Waals surface area contributed by atoms with Crippen LogP contribution in [0.3, 0.4) is 0 Å². The molecule has 1 saturated heterocycles. The molecule has 0 bridgehead atoms. The lowest BCUT2D eigenvalue weighted by molar-refractivity contribution is 0.0690. The fourth-order valence-electron chi connectivity index (χ4n) is 3.04. The molecule has 0 radical (unpaired) electrons. The van der Waals surface area contributed by atoms with E-state index in [1.807, 2.05) is 12.1 Å². The Bertz CT molecular complexity index is 662. The molecule has 1 fully saturated rings. The second-order valence-electron chi connectivity index (χ2n) is 5.99. The van der Waals surface area contributed by atoms with Crippen LogP contribution in [-0.4, -0.2) is 39.0 Å². The van der Waals surface area contributed by atoms with Crippen LogP contribution in [0, 0.1) is 0 Å². The van der Waals surface area contributed by atoms with E-state index in [0.29, 0.717) is 11.7 Å². The summed E-state index contributed by atoms with van der Waals surface area (Å²) in [7, 11) is 0. The molecule has 5 heteroatoms. The predicted octanol–water partition coefficient (Wildman–Crippen LogP) is 3.39. The molecular weight excluding hydrogens is 290 g/mol. The SMILES string of the molecule is CC(c1ccc(-c2cnc(C(=O)O)cn2)cc1)N1CCCCC1. The van der Waals surface area contributed by atoms with Crippen molar-refractivity contribution in [1.29, 1.82) is 0 Å². The first-order valence-electron chi connectivity index (χ1n) is 8.05. The van der Waals surface area contributed by atoms with Crippen LogP contribution in [0.25, 0.3) is 11.3 Å². The lowest BCUT2D eigenvalue weighted by Gasteiger charge is -2.32. The number of benzene rings is 1. The maximum absolute atomic E-state index is 10.8. The highest BCUT2D eigenvalue weighted by atomic mass is 16.4. The van der Waals surface area contributed by atoms with Gasteiger partial charge in [-0.3, -0.25) is 9.88 Å². The van der Waals surface area contributed by atoms with Crippen LogP contribution in [0.5, 0.6) is 0 Å². The van der Waals surface area contributed by atoms with E-state index in [-0.39, 0.29) is 5.69 Å². The molecule has 1 aromatic heterocycles. The van der Waals surface area contributed by atoms with Crippen LogP contribution in [0.4, 0.5) is 0 Å². The van der Waals surface area contributed by atoms with Gasteiger partial charge in [-0.05, 0) is 38.4 Å². The average molecular weight is 311 g/mol. The topological polar surface area (TPSA) is 66.3 Å². The molecule has 0 amide bonds. The normalized spacial score (nSPS) is 16.9. The zero-order valence-corrected chi connectivity index (χ0v) is 13.3. The molecule has 1 atom stereocenters. The molecule has 0 saturated carbocycles. The van der Waals surface area contributed by atoms with Gasteiger partial charge in [0.2, 0.25) is 0 Å². The third-order valence-electron chi connectivity index (χ3n) is 4.50. The molecule has 1 aliphatic rings. The first kappa shape index (κ1) is 15.6. The molecule has 2 heterocycles. The van der Waals surface area contributed by atoms with E-state index in [2.05, 4.69) is 33.9 Å². The molecule has 23 heavy (non-hydrogen) atoms. The van der Waals surface area contributed by atoms with E-state index in [9.17, 15) is 4.79 Å². The van der Waals surface area contributed by atoms with Gasteiger partial charge in [0.05, 0.1) is 18.1 Å². The number of likely N-dealkylation sites (tertiary alicyclic amines) is 1. The van der Waals surface area contributed by atoms with Crippen molar-refractivity contribution in [2.24, 2.45) is 0 Å². The van der Waals surface area contributed by atoms with Crippen molar-refractivity contribution in [3.05, 3.63) is 47.9 Å². The Hall–Kier alpha value is -2.27. The summed E-state index contributed by atoms with van der Waals surface area (Å²) in [6.45, 7) is 4.60. The summed E-state index contributed by atoms with van der Waals surface area (Å²) >= 11 is 0. The minimum Gasteiger partial charge on any atom is -0.476 e. The summed E-state index contributed by atoms with van der Waals surface area (Å²) in [6.07, 6.45) is 6.71. The third-order valence-corrected chi connectivity index (χ3v) is 4.50. The third kappa shape index (κ3) is 3.56. The number of hydrogen-bond donors (Lipinski definition) is 1. The van der Waals surface area contributed by atoms with Gasteiger partial charge in [-0.15, -0.1) is 0 Å². The summed E-state index contributed by atoms with van der Waals surface area (Å²) in [5.74, 6) is -1.06. The highest BCUT2D eigenvalue weighted by molar-refractivity contribution is 5.85. The molecule has 5 nitrogen and oxygen atoms in total. The highest BCUT2D eigenvalue weighted by Crippen LogP contribution is 2.26. The number of carboxylic acids is 1. The summed E-state index contributed by atoms with van der Waals surface area (Å²) in [5, 5.41) is 8.86. The van der Waals surface area contributed by atoms with Gasteiger partial charge in [0, 0.05) is 11.6 Å². The Morgan fingerprint density at radius 2 is 1.78 bits per heavy atom. The van der Waals surface area contributed by atoms with Crippen LogP contribution < -0.4 is 0 Å². The zero-order valence-electron chi connectivity index (χ0n) is 13.3. The first-order valence-corrected chi connectivity index (χ1v) is 8.05. The number of piperidine rings is 1. The summed E-state index contributed by atoms with van der Waals surface area (Å²) in [4.78, 5) is 21.4. The van der Waals surface area contributed by atoms with Crippen molar-refractivity contribution in [3.63, 3.8) is 0 Å². The van der Waals surface area contributed by atoms with Gasteiger partial charge in [0.25, 0.3) is 0 Å². The van der Waals surface area contributed by atoms with Crippen molar-refractivity contribution in [2.75, 3.05) is 13.1 Å². The first-order chi connectivity index (χ1) is 11.1. The Balaban J connectivity index is 1.74. The van der Waals surface area contributed by atoms with Gasteiger partial charge < -0.3 is 5.11 Å². The van der Waals surface area contributed by atoms with E-state index in [0.717, 1.165) is 5.56 Å². The van der Waals surface area contributed by atoms with Gasteiger partial charge >= 0.3 is 5.97 Å². The van der Waals surface area contributed by atoms with E-state index in [4.69, 9.17) is 5.11 Å². The van der Waals surface area contributed by atoms with Crippen LogP contribution >= 0.6 is 0 Å². The fourth-order valence-corrected chi connectivity index (χ4v) is 3.04. The largest absolute Gasteiger partial charge is 0.476 e. The molecule has 0 aliphatic carbocycles. The smallest absolute Gasteiger partial charge is 0.356 e. The van der Waals surface area contributed by atoms with E-state index in [1.54, 1.807) is 0 Å². The number of hydrogen-bond acceptors (Lipinski definition) is 4. The van der Waals surface area contributed by atoms with Crippen molar-refractivity contribution in [3.8, 4) is 11.3 Å². The second-order valence-corrected chi connectivity index (χ2v) is 5.99. The number of aromatic nitrogens is 2. The van der Waals surface area contributed by atoms with E-state index < -0.39 is 5.97 Å². The highest BCUT2D eigenvalue weighted by Gasteiger charge is 2.18. The summed E-state index contributed by atoms with van der Waals surface area (Å²) < 4.78 is 0. The van der Waals surface area contributed by atoms with Gasteiger partial charge in [-0.2, -0.15) is 0 Å². The Morgan fingerprint density at radius 1 is 1.09 bits per heavy atom. The van der Waals surface area contributed by atoms with Gasteiger partial charge in [-0.1, -0.05) is 30.7 Å². The fraction of sp³-hybridized carbons (Fsp3) is 0.389. The minimum atomic E-state index is -1.06. The Morgan fingerprint density at radius 3 is 2.35 bits per heavy atom. The molecule has 1 unspecified atom stereocenters. The van der Waals surface area contributed by atoms with Gasteiger partial charge in [0.15, 0.2) is 5.69 Å². The quantitative estimate of drug-likeness (QED) is 0.937. The summed E-state index contributed by atoms with van der Waals surface area (Å²) in [5.41, 5.74) is 2.89. The molecule has 0 spiro atoms. The van der Waals surface area contributed by atoms with Crippen LogP contribution in [0.15, 0.2) is 36.7 Å². The molecule has 3 rings (SSSR count).